The molecule has 0 saturated heterocycles. The van der Waals surface area contributed by atoms with Crippen LogP contribution in [0.25, 0.3) is 16.5 Å². The normalized spacial score (nSPS) is 11.4. The average Bonchev–Trinajstić information content (AvgIpc) is 3.37. The maximum absolute atomic E-state index is 13.1. The maximum atomic E-state index is 13.1. The Hall–Kier alpha value is -4.65. The fourth-order valence-corrected chi connectivity index (χ4v) is 4.55. The Bertz CT molecular complexity index is 1600. The van der Waals surface area contributed by atoms with Crippen molar-refractivity contribution in [3.8, 4) is 11.4 Å². The number of urea groups is 1. The summed E-state index contributed by atoms with van der Waals surface area (Å²) >= 11 is 0. The summed E-state index contributed by atoms with van der Waals surface area (Å²) in [6.07, 6.45) is 6.03. The van der Waals surface area contributed by atoms with Crippen molar-refractivity contribution in [3.63, 3.8) is 0 Å². The van der Waals surface area contributed by atoms with E-state index in [1.807, 2.05) is 54.6 Å². The Morgan fingerprint density at radius 1 is 0.897 bits per heavy atom. The minimum absolute atomic E-state index is 0.0529. The van der Waals surface area contributed by atoms with E-state index in [0.29, 0.717) is 18.1 Å². The third-order valence-electron chi connectivity index (χ3n) is 6.71. The number of ether oxygens (including phenoxy) is 1. The molecule has 5 aromatic rings. The molecule has 2 heterocycles. The van der Waals surface area contributed by atoms with Gasteiger partial charge in [-0.25, -0.2) is 9.48 Å². The number of amides is 2. The van der Waals surface area contributed by atoms with E-state index >= 15 is 0 Å². The quantitative estimate of drug-likeness (QED) is 0.237. The van der Waals surface area contributed by atoms with Gasteiger partial charge >= 0.3 is 6.03 Å². The van der Waals surface area contributed by atoms with Crippen molar-refractivity contribution in [2.24, 2.45) is 0 Å². The highest BCUT2D eigenvalue weighted by molar-refractivity contribution is 6.07. The van der Waals surface area contributed by atoms with Gasteiger partial charge in [-0.05, 0) is 59.4 Å². The monoisotopic (exact) mass is 519 g/mol. The molecule has 0 atom stereocenters. The number of aromatic nitrogens is 3. The zero-order chi connectivity index (χ0) is 27.4. The highest BCUT2D eigenvalue weighted by Crippen LogP contribution is 2.32. The van der Waals surface area contributed by atoms with Crippen molar-refractivity contribution in [2.45, 2.75) is 39.5 Å². The van der Waals surface area contributed by atoms with Crippen LogP contribution in [0.3, 0.4) is 0 Å². The van der Waals surface area contributed by atoms with Crippen LogP contribution in [0.15, 0.2) is 91.4 Å². The van der Waals surface area contributed by atoms with Gasteiger partial charge in [0.15, 0.2) is 0 Å². The number of nitrogens with one attached hydrogen (secondary N) is 2. The van der Waals surface area contributed by atoms with Crippen LogP contribution in [0.4, 0.5) is 16.3 Å². The summed E-state index contributed by atoms with van der Waals surface area (Å²) in [6, 6.07) is 23.4. The van der Waals surface area contributed by atoms with E-state index in [4.69, 9.17) is 4.74 Å². The molecule has 0 aliphatic rings. The molecule has 7 nitrogen and oxygen atoms in total. The highest BCUT2D eigenvalue weighted by atomic mass is 16.5. The summed E-state index contributed by atoms with van der Waals surface area (Å²) in [7, 11) is 0. The summed E-state index contributed by atoms with van der Waals surface area (Å²) in [5, 5.41) is 12.3. The molecule has 0 bridgehead atoms. The number of carbonyl (C=O) groups is 1. The van der Waals surface area contributed by atoms with Gasteiger partial charge in [-0.3, -0.25) is 10.3 Å². The van der Waals surface area contributed by atoms with E-state index in [9.17, 15) is 4.79 Å². The van der Waals surface area contributed by atoms with Crippen LogP contribution in [-0.2, 0) is 11.8 Å². The lowest BCUT2D eigenvalue weighted by molar-refractivity contribution is 0.262. The van der Waals surface area contributed by atoms with Crippen molar-refractivity contribution in [1.29, 1.82) is 0 Å². The lowest BCUT2D eigenvalue weighted by atomic mass is 9.86. The first-order chi connectivity index (χ1) is 18.8. The fraction of sp³-hybridized carbons (Fsp3) is 0.219. The van der Waals surface area contributed by atoms with E-state index in [2.05, 4.69) is 60.5 Å². The molecule has 0 aliphatic heterocycles. The predicted molar refractivity (Wildman–Crippen MR) is 157 cm³/mol. The van der Waals surface area contributed by atoms with Gasteiger partial charge in [0, 0.05) is 35.7 Å². The maximum Gasteiger partial charge on any atom is 0.324 e. The van der Waals surface area contributed by atoms with Gasteiger partial charge in [0.2, 0.25) is 0 Å². The van der Waals surface area contributed by atoms with Crippen LogP contribution in [0, 0.1) is 6.92 Å². The van der Waals surface area contributed by atoms with Crippen molar-refractivity contribution >= 4 is 28.3 Å². The summed E-state index contributed by atoms with van der Waals surface area (Å²) in [4.78, 5) is 17.2. The summed E-state index contributed by atoms with van der Waals surface area (Å²) in [5.74, 6) is 1.36. The van der Waals surface area contributed by atoms with E-state index in [-0.39, 0.29) is 11.4 Å². The summed E-state index contributed by atoms with van der Waals surface area (Å²) in [5.41, 5.74) is 5.17. The van der Waals surface area contributed by atoms with E-state index in [1.165, 1.54) is 11.1 Å². The van der Waals surface area contributed by atoms with Gasteiger partial charge in [-0.2, -0.15) is 5.10 Å². The van der Waals surface area contributed by atoms with Crippen molar-refractivity contribution in [3.05, 3.63) is 108 Å². The lowest BCUT2D eigenvalue weighted by Gasteiger charge is -2.21. The molecule has 0 fully saturated rings. The molecule has 2 amide bonds. The number of hydrogen-bond donors (Lipinski definition) is 2. The largest absolute Gasteiger partial charge is 0.493 e. The van der Waals surface area contributed by atoms with E-state index in [1.54, 1.807) is 29.3 Å². The standard InChI is InChI=1S/C32H33N5O2/c1-22-21-24(32(2,3)4)9-11-28(22)37-30(15-19-34-37)36-31(38)35-27-10-12-29(26-8-6-5-7-25(26)27)39-20-16-23-13-17-33-18-14-23/h5-15,17-19,21H,16,20H2,1-4H3,(H2,35,36,38). The summed E-state index contributed by atoms with van der Waals surface area (Å²) in [6.45, 7) is 9.18. The van der Waals surface area contributed by atoms with Gasteiger partial charge < -0.3 is 10.1 Å². The lowest BCUT2D eigenvalue weighted by Crippen LogP contribution is -2.21. The van der Waals surface area contributed by atoms with Gasteiger partial charge in [-0.15, -0.1) is 0 Å². The smallest absolute Gasteiger partial charge is 0.324 e. The van der Waals surface area contributed by atoms with Gasteiger partial charge in [0.05, 0.1) is 24.2 Å². The van der Waals surface area contributed by atoms with Crippen LogP contribution >= 0.6 is 0 Å². The van der Waals surface area contributed by atoms with Crippen molar-refractivity contribution in [1.82, 2.24) is 14.8 Å². The van der Waals surface area contributed by atoms with Crippen LogP contribution < -0.4 is 15.4 Å². The molecule has 0 saturated carbocycles. The number of anilines is 2. The number of hydrogen-bond acceptors (Lipinski definition) is 4. The molecule has 2 aromatic heterocycles. The molecule has 0 radical (unpaired) electrons. The van der Waals surface area contributed by atoms with E-state index in [0.717, 1.165) is 34.2 Å². The number of benzene rings is 3. The van der Waals surface area contributed by atoms with Crippen LogP contribution in [-0.4, -0.2) is 27.4 Å². The Kier molecular flexibility index (Phi) is 7.32. The van der Waals surface area contributed by atoms with Gasteiger partial charge in [0.25, 0.3) is 0 Å². The van der Waals surface area contributed by atoms with Gasteiger partial charge in [-0.1, -0.05) is 57.2 Å². The summed E-state index contributed by atoms with van der Waals surface area (Å²) < 4.78 is 7.86. The molecule has 198 valence electrons. The van der Waals surface area contributed by atoms with Crippen molar-refractivity contribution < 1.29 is 9.53 Å². The molecule has 7 heteroatoms. The number of rotatable bonds is 7. The predicted octanol–water partition coefficient (Wildman–Crippen LogP) is 7.29. The SMILES string of the molecule is Cc1cc(C(C)(C)C)ccc1-n1nccc1NC(=O)Nc1ccc(OCCc2ccncc2)c2ccccc12. The first kappa shape index (κ1) is 26.0. The number of nitrogens with zero attached hydrogens (tertiary/aromatic N) is 3. The zero-order valence-electron chi connectivity index (χ0n) is 22.7. The molecule has 39 heavy (non-hydrogen) atoms. The average molecular weight is 520 g/mol. The van der Waals surface area contributed by atoms with Crippen LogP contribution in [0.1, 0.15) is 37.5 Å². The molecule has 0 aliphatic carbocycles. The van der Waals surface area contributed by atoms with Crippen molar-refractivity contribution in [2.75, 3.05) is 17.2 Å². The topological polar surface area (TPSA) is 81.1 Å². The third kappa shape index (κ3) is 5.93. The molecular weight excluding hydrogens is 486 g/mol. The molecule has 0 unspecified atom stereocenters. The molecule has 2 N–H and O–H groups in total. The first-order valence-corrected chi connectivity index (χ1v) is 13.1. The molecule has 5 rings (SSSR count). The Labute approximate surface area is 228 Å². The molecule has 3 aromatic carbocycles. The van der Waals surface area contributed by atoms with Gasteiger partial charge in [0.1, 0.15) is 11.6 Å². The Balaban J connectivity index is 1.31. The minimum Gasteiger partial charge on any atom is -0.493 e. The minimum atomic E-state index is -0.350. The Morgan fingerprint density at radius 3 is 2.41 bits per heavy atom. The number of pyridine rings is 1. The second kappa shape index (κ2) is 11.0. The zero-order valence-corrected chi connectivity index (χ0v) is 22.7. The Morgan fingerprint density at radius 2 is 1.67 bits per heavy atom. The first-order valence-electron chi connectivity index (χ1n) is 13.1. The molecule has 0 spiro atoms. The number of carbonyl (C=O) groups excluding carboxylic acids is 1. The second-order valence-corrected chi connectivity index (χ2v) is 10.6. The van der Waals surface area contributed by atoms with Crippen LogP contribution in [0.2, 0.25) is 0 Å². The third-order valence-corrected chi connectivity index (χ3v) is 6.71. The highest BCUT2D eigenvalue weighted by Gasteiger charge is 2.17. The molecular formula is C32H33N5O2. The number of aryl methyl sites for hydroxylation is 1. The number of fused-ring (bicyclic) bond motifs is 1. The van der Waals surface area contributed by atoms with E-state index < -0.39 is 0 Å². The van der Waals surface area contributed by atoms with Crippen LogP contribution in [0.5, 0.6) is 5.75 Å². The fourth-order valence-electron chi connectivity index (χ4n) is 4.55. The second-order valence-electron chi connectivity index (χ2n) is 10.6.